The van der Waals surface area contributed by atoms with E-state index in [1.165, 1.54) is 10.6 Å². The van der Waals surface area contributed by atoms with Gasteiger partial charge < -0.3 is 10.4 Å². The van der Waals surface area contributed by atoms with Crippen LogP contribution in [0.25, 0.3) is 0 Å². The Morgan fingerprint density at radius 1 is 1.28 bits per heavy atom. The third kappa shape index (κ3) is 3.10. The summed E-state index contributed by atoms with van der Waals surface area (Å²) in [6.45, 7) is 3.99. The smallest absolute Gasteiger partial charge is 0.307 e. The van der Waals surface area contributed by atoms with Crippen molar-refractivity contribution < 1.29 is 23.1 Å². The number of carboxylic acid groups (broad SMARTS) is 1. The number of rotatable bonds is 4. The number of hydrogen-bond acceptors (Lipinski definition) is 4. The zero-order valence-corrected chi connectivity index (χ0v) is 15.3. The average Bonchev–Trinajstić information content (AvgIpc) is 3.08. The van der Waals surface area contributed by atoms with E-state index in [4.69, 9.17) is 0 Å². The van der Waals surface area contributed by atoms with Gasteiger partial charge in [-0.1, -0.05) is 13.8 Å². The molecule has 1 amide bonds. The molecule has 0 unspecified atom stereocenters. The molecule has 1 aromatic carbocycles. The van der Waals surface area contributed by atoms with Gasteiger partial charge in [0.2, 0.25) is 15.9 Å². The monoisotopic (exact) mass is 366 g/mol. The first-order valence-corrected chi connectivity index (χ1v) is 10.0. The lowest BCUT2D eigenvalue weighted by atomic mass is 10.0. The SMILES string of the molecule is CC1(C)[C@H](C(=O)O)[C@H]1C(=O)Nc1ccc2c(c1)CCCN2S(C)(=O)=O. The van der Waals surface area contributed by atoms with Crippen LogP contribution in [0.1, 0.15) is 25.8 Å². The summed E-state index contributed by atoms with van der Waals surface area (Å²) in [7, 11) is -3.33. The zero-order chi connectivity index (χ0) is 18.6. The molecule has 7 nitrogen and oxygen atoms in total. The van der Waals surface area contributed by atoms with Crippen molar-refractivity contribution in [2.24, 2.45) is 17.3 Å². The van der Waals surface area contributed by atoms with Gasteiger partial charge in [-0.2, -0.15) is 0 Å². The van der Waals surface area contributed by atoms with Crippen molar-refractivity contribution in [1.82, 2.24) is 0 Å². The van der Waals surface area contributed by atoms with Gasteiger partial charge in [0.15, 0.2) is 0 Å². The number of aliphatic carboxylic acids is 1. The van der Waals surface area contributed by atoms with E-state index in [9.17, 15) is 23.1 Å². The van der Waals surface area contributed by atoms with E-state index >= 15 is 0 Å². The second-order valence-corrected chi connectivity index (χ2v) is 9.29. The number of carboxylic acids is 1. The Morgan fingerprint density at radius 2 is 1.96 bits per heavy atom. The summed E-state index contributed by atoms with van der Waals surface area (Å²) in [5, 5.41) is 12.0. The number of amides is 1. The van der Waals surface area contributed by atoms with Crippen LogP contribution in [0.4, 0.5) is 11.4 Å². The van der Waals surface area contributed by atoms with Crippen LogP contribution in [-0.4, -0.2) is 38.2 Å². The molecule has 0 bridgehead atoms. The van der Waals surface area contributed by atoms with Crippen LogP contribution in [0.5, 0.6) is 0 Å². The van der Waals surface area contributed by atoms with Crippen molar-refractivity contribution in [3.63, 3.8) is 0 Å². The summed E-state index contributed by atoms with van der Waals surface area (Å²) >= 11 is 0. The largest absolute Gasteiger partial charge is 0.481 e. The molecule has 1 fully saturated rings. The highest BCUT2D eigenvalue weighted by Crippen LogP contribution is 2.58. The average molecular weight is 366 g/mol. The Kier molecular flexibility index (Phi) is 4.06. The van der Waals surface area contributed by atoms with Crippen molar-refractivity contribution >= 4 is 33.3 Å². The highest BCUT2D eigenvalue weighted by molar-refractivity contribution is 7.92. The molecule has 1 aliphatic carbocycles. The Labute approximate surface area is 147 Å². The maximum Gasteiger partial charge on any atom is 0.307 e. The number of sulfonamides is 1. The van der Waals surface area contributed by atoms with E-state index in [0.717, 1.165) is 12.0 Å². The minimum absolute atomic E-state index is 0.312. The van der Waals surface area contributed by atoms with E-state index in [1.807, 2.05) is 0 Å². The summed E-state index contributed by atoms with van der Waals surface area (Å²) in [6, 6.07) is 5.12. The second kappa shape index (κ2) is 5.72. The fourth-order valence-corrected chi connectivity index (χ4v) is 4.79. The van der Waals surface area contributed by atoms with Crippen LogP contribution >= 0.6 is 0 Å². The van der Waals surface area contributed by atoms with Crippen molar-refractivity contribution in [1.29, 1.82) is 0 Å². The molecule has 1 heterocycles. The molecule has 1 saturated carbocycles. The molecule has 3 rings (SSSR count). The van der Waals surface area contributed by atoms with Crippen molar-refractivity contribution in [2.75, 3.05) is 22.4 Å². The number of nitrogens with one attached hydrogen (secondary N) is 1. The lowest BCUT2D eigenvalue weighted by Crippen LogP contribution is -2.34. The first-order chi connectivity index (χ1) is 11.5. The minimum atomic E-state index is -3.33. The molecule has 8 heteroatoms. The van der Waals surface area contributed by atoms with Crippen LogP contribution in [-0.2, 0) is 26.0 Å². The third-order valence-corrected chi connectivity index (χ3v) is 6.38. The molecule has 0 radical (unpaired) electrons. The molecule has 1 aromatic rings. The number of aryl methyl sites for hydroxylation is 1. The normalized spacial score (nSPS) is 24.4. The van der Waals surface area contributed by atoms with Gasteiger partial charge in [-0.25, -0.2) is 8.42 Å². The highest BCUT2D eigenvalue weighted by atomic mass is 32.2. The lowest BCUT2D eigenvalue weighted by molar-refractivity contribution is -0.140. The lowest BCUT2D eigenvalue weighted by Gasteiger charge is -2.29. The third-order valence-electron chi connectivity index (χ3n) is 5.20. The van der Waals surface area contributed by atoms with Gasteiger partial charge in [-0.3, -0.25) is 13.9 Å². The van der Waals surface area contributed by atoms with Crippen molar-refractivity contribution in [2.45, 2.75) is 26.7 Å². The van der Waals surface area contributed by atoms with E-state index in [0.29, 0.717) is 24.3 Å². The summed E-state index contributed by atoms with van der Waals surface area (Å²) in [5.41, 5.74) is 1.50. The van der Waals surface area contributed by atoms with Gasteiger partial charge in [0, 0.05) is 12.2 Å². The van der Waals surface area contributed by atoms with Gasteiger partial charge in [0.1, 0.15) is 0 Å². The Morgan fingerprint density at radius 3 is 2.52 bits per heavy atom. The second-order valence-electron chi connectivity index (χ2n) is 7.39. The summed E-state index contributed by atoms with van der Waals surface area (Å²) in [6.07, 6.45) is 2.63. The molecular weight excluding hydrogens is 344 g/mol. The van der Waals surface area contributed by atoms with Gasteiger partial charge in [0.25, 0.3) is 0 Å². The molecule has 2 aliphatic rings. The van der Waals surface area contributed by atoms with E-state index in [1.54, 1.807) is 32.0 Å². The molecule has 0 saturated heterocycles. The molecular formula is C17H22N2O5S. The molecule has 0 spiro atoms. The molecule has 0 aromatic heterocycles. The molecule has 2 N–H and O–H groups in total. The predicted molar refractivity (Wildman–Crippen MR) is 94.0 cm³/mol. The first kappa shape index (κ1) is 17.7. The quantitative estimate of drug-likeness (QED) is 0.844. The molecule has 25 heavy (non-hydrogen) atoms. The summed E-state index contributed by atoms with van der Waals surface area (Å²) in [5.74, 6) is -2.51. The topological polar surface area (TPSA) is 104 Å². The molecule has 136 valence electrons. The highest BCUT2D eigenvalue weighted by Gasteiger charge is 2.65. The number of benzene rings is 1. The number of carbonyl (C=O) groups excluding carboxylic acids is 1. The van der Waals surface area contributed by atoms with Crippen molar-refractivity contribution in [3.05, 3.63) is 23.8 Å². The van der Waals surface area contributed by atoms with Gasteiger partial charge in [-0.05, 0) is 42.0 Å². The standard InChI is InChI=1S/C17H22N2O5S/c1-17(2)13(14(17)16(21)22)15(20)18-11-6-7-12-10(9-11)5-4-8-19(12)25(3,23)24/h6-7,9,13-14H,4-5,8H2,1-3H3,(H,18,20)(H,21,22)/t13-,14-/m0/s1. The predicted octanol–water partition coefficient (Wildman–Crippen LogP) is 1.69. The van der Waals surface area contributed by atoms with E-state index in [-0.39, 0.29) is 5.91 Å². The Bertz CT molecular complexity index is 847. The number of hydrogen-bond donors (Lipinski definition) is 2. The fourth-order valence-electron chi connectivity index (χ4n) is 3.79. The van der Waals surface area contributed by atoms with Gasteiger partial charge in [-0.15, -0.1) is 0 Å². The van der Waals surface area contributed by atoms with Crippen LogP contribution in [0, 0.1) is 17.3 Å². The van der Waals surface area contributed by atoms with Crippen molar-refractivity contribution in [3.8, 4) is 0 Å². The van der Waals surface area contributed by atoms with Crippen LogP contribution in [0.3, 0.4) is 0 Å². The molecule has 2 atom stereocenters. The van der Waals surface area contributed by atoms with E-state index < -0.39 is 33.2 Å². The van der Waals surface area contributed by atoms with Crippen LogP contribution in [0.2, 0.25) is 0 Å². The maximum atomic E-state index is 12.4. The molecule has 1 aliphatic heterocycles. The maximum absolute atomic E-state index is 12.4. The zero-order valence-electron chi connectivity index (χ0n) is 14.4. The fraction of sp³-hybridized carbons (Fsp3) is 0.529. The van der Waals surface area contributed by atoms with Crippen LogP contribution in [0.15, 0.2) is 18.2 Å². The number of fused-ring (bicyclic) bond motifs is 1. The van der Waals surface area contributed by atoms with Crippen LogP contribution < -0.4 is 9.62 Å². The van der Waals surface area contributed by atoms with Gasteiger partial charge in [0.05, 0.1) is 23.8 Å². The Balaban J connectivity index is 1.80. The number of nitrogens with zero attached hydrogens (tertiary/aromatic N) is 1. The minimum Gasteiger partial charge on any atom is -0.481 e. The summed E-state index contributed by atoms with van der Waals surface area (Å²) < 4.78 is 25.1. The first-order valence-electron chi connectivity index (χ1n) is 8.18. The number of anilines is 2. The van der Waals surface area contributed by atoms with E-state index in [2.05, 4.69) is 5.32 Å². The summed E-state index contributed by atoms with van der Waals surface area (Å²) in [4.78, 5) is 23.6. The van der Waals surface area contributed by atoms with Gasteiger partial charge >= 0.3 is 5.97 Å². The Hall–Kier alpha value is -2.09. The number of carbonyl (C=O) groups is 2.